The Morgan fingerprint density at radius 2 is 2.09 bits per heavy atom. The third-order valence-electron chi connectivity index (χ3n) is 2.99. The third-order valence-corrected chi connectivity index (χ3v) is 2.99. The number of hydrogen-bond donors (Lipinski definition) is 2. The smallest absolute Gasteiger partial charge is 0.324 e. The lowest BCUT2D eigenvalue weighted by Crippen LogP contribution is -2.32. The summed E-state index contributed by atoms with van der Waals surface area (Å²) in [7, 11) is 0. The number of nitrogens with one attached hydrogen (secondary N) is 2. The van der Waals surface area contributed by atoms with Gasteiger partial charge in [-0.15, -0.1) is 0 Å². The lowest BCUT2D eigenvalue weighted by molar-refractivity contribution is -0.385. The summed E-state index contributed by atoms with van der Waals surface area (Å²) in [5.74, 6) is -0.544. The molecule has 1 heterocycles. The van der Waals surface area contributed by atoms with Crippen molar-refractivity contribution in [3.8, 4) is 0 Å². The summed E-state index contributed by atoms with van der Waals surface area (Å²) in [5.41, 5.74) is -0.778. The summed E-state index contributed by atoms with van der Waals surface area (Å²) < 4.78 is 1.02. The molecule has 0 saturated carbocycles. The van der Waals surface area contributed by atoms with Crippen molar-refractivity contribution in [3.63, 3.8) is 0 Å². The highest BCUT2D eigenvalue weighted by Crippen LogP contribution is 2.24. The highest BCUT2D eigenvalue weighted by atomic mass is 16.6. The van der Waals surface area contributed by atoms with Gasteiger partial charge in [-0.25, -0.2) is 4.79 Å². The van der Waals surface area contributed by atoms with Crippen molar-refractivity contribution < 1.29 is 9.72 Å². The van der Waals surface area contributed by atoms with Crippen molar-refractivity contribution in [2.75, 3.05) is 5.32 Å². The number of H-pyrrole nitrogens is 1. The first kappa shape index (κ1) is 15.2. The maximum atomic E-state index is 11.9. The van der Waals surface area contributed by atoms with Crippen molar-refractivity contribution in [1.29, 1.82) is 0 Å². The second-order valence-electron chi connectivity index (χ2n) is 4.49. The Morgan fingerprint density at radius 1 is 1.36 bits per heavy atom. The van der Waals surface area contributed by atoms with Crippen LogP contribution in [0.15, 0.2) is 40.1 Å². The average molecular weight is 304 g/mol. The highest BCUT2D eigenvalue weighted by Gasteiger charge is 2.15. The van der Waals surface area contributed by atoms with Crippen LogP contribution in [0.2, 0.25) is 0 Å². The first-order valence-corrected chi connectivity index (χ1v) is 6.22. The van der Waals surface area contributed by atoms with Crippen molar-refractivity contribution in [3.05, 3.63) is 67.0 Å². The molecule has 0 unspecified atom stereocenters. The summed E-state index contributed by atoms with van der Waals surface area (Å²) in [6.45, 7) is 1.19. The van der Waals surface area contributed by atoms with Crippen LogP contribution in [0, 0.1) is 17.0 Å². The van der Waals surface area contributed by atoms with Gasteiger partial charge in [-0.1, -0.05) is 6.07 Å². The molecule has 0 aliphatic rings. The molecule has 0 fully saturated rings. The van der Waals surface area contributed by atoms with E-state index in [1.54, 1.807) is 0 Å². The molecule has 2 aromatic rings. The van der Waals surface area contributed by atoms with Gasteiger partial charge in [-0.2, -0.15) is 0 Å². The van der Waals surface area contributed by atoms with Gasteiger partial charge < -0.3 is 5.32 Å². The molecule has 0 bridgehead atoms. The van der Waals surface area contributed by atoms with Crippen LogP contribution in [0.4, 0.5) is 11.4 Å². The number of amides is 1. The minimum absolute atomic E-state index is 0.112. The van der Waals surface area contributed by atoms with E-state index in [9.17, 15) is 24.5 Å². The largest absolute Gasteiger partial charge is 0.328 e. The minimum atomic E-state index is -0.710. The Labute approximate surface area is 123 Å². The van der Waals surface area contributed by atoms with Crippen LogP contribution < -0.4 is 16.6 Å². The summed E-state index contributed by atoms with van der Waals surface area (Å²) in [4.78, 5) is 46.7. The molecule has 0 saturated heterocycles. The maximum absolute atomic E-state index is 11.9. The standard InChI is InChI=1S/C13H12N4O5/c1-8-9(3-2-4-10(8)17(21)22)14-12(19)7-16-6-5-11(18)15-13(16)20/h2-6H,7H2,1H3,(H,14,19)(H,15,18,20). The van der Waals surface area contributed by atoms with E-state index < -0.39 is 22.1 Å². The topological polar surface area (TPSA) is 127 Å². The predicted molar refractivity (Wildman–Crippen MR) is 77.8 cm³/mol. The van der Waals surface area contributed by atoms with Gasteiger partial charge in [-0.3, -0.25) is 29.3 Å². The molecule has 0 atom stereocenters. The Balaban J connectivity index is 2.19. The quantitative estimate of drug-likeness (QED) is 0.624. The summed E-state index contributed by atoms with van der Waals surface area (Å²) in [5, 5.41) is 13.3. The molecule has 114 valence electrons. The predicted octanol–water partition coefficient (Wildman–Crippen LogP) is 0.392. The zero-order valence-electron chi connectivity index (χ0n) is 11.5. The molecule has 9 heteroatoms. The number of nitro benzene ring substituents is 1. The zero-order chi connectivity index (χ0) is 16.3. The van der Waals surface area contributed by atoms with Crippen molar-refractivity contribution in [1.82, 2.24) is 9.55 Å². The van der Waals surface area contributed by atoms with Gasteiger partial charge in [0.05, 0.1) is 16.2 Å². The first-order valence-electron chi connectivity index (χ1n) is 6.22. The lowest BCUT2D eigenvalue weighted by atomic mass is 10.1. The van der Waals surface area contributed by atoms with E-state index in [0.717, 1.165) is 10.6 Å². The first-order chi connectivity index (χ1) is 10.4. The van der Waals surface area contributed by atoms with Crippen LogP contribution in [0.3, 0.4) is 0 Å². The molecule has 0 spiro atoms. The second kappa shape index (κ2) is 6.04. The lowest BCUT2D eigenvalue weighted by Gasteiger charge is -2.09. The maximum Gasteiger partial charge on any atom is 0.328 e. The molecule has 1 amide bonds. The van der Waals surface area contributed by atoms with Crippen molar-refractivity contribution >= 4 is 17.3 Å². The number of carbonyl (C=O) groups is 1. The normalized spacial score (nSPS) is 10.2. The van der Waals surface area contributed by atoms with E-state index in [0.29, 0.717) is 5.56 Å². The Kier molecular flexibility index (Phi) is 4.16. The fourth-order valence-corrected chi connectivity index (χ4v) is 1.87. The number of carbonyl (C=O) groups excluding carboxylic acids is 1. The zero-order valence-corrected chi connectivity index (χ0v) is 11.5. The Morgan fingerprint density at radius 3 is 2.73 bits per heavy atom. The minimum Gasteiger partial charge on any atom is -0.324 e. The van der Waals surface area contributed by atoms with Gasteiger partial charge in [-0.05, 0) is 13.0 Å². The van der Waals surface area contributed by atoms with Crippen LogP contribution in [-0.2, 0) is 11.3 Å². The fraction of sp³-hybridized carbons (Fsp3) is 0.154. The number of aromatic nitrogens is 2. The van der Waals surface area contributed by atoms with Crippen LogP contribution in [0.1, 0.15) is 5.56 Å². The van der Waals surface area contributed by atoms with Gasteiger partial charge in [0.25, 0.3) is 11.2 Å². The van der Waals surface area contributed by atoms with Crippen LogP contribution in [-0.4, -0.2) is 20.4 Å². The molecule has 9 nitrogen and oxygen atoms in total. The van der Waals surface area contributed by atoms with E-state index in [4.69, 9.17) is 0 Å². The van der Waals surface area contributed by atoms with Gasteiger partial charge in [0.1, 0.15) is 6.54 Å². The molecule has 1 aromatic carbocycles. The monoisotopic (exact) mass is 304 g/mol. The summed E-state index contributed by atoms with van der Waals surface area (Å²) >= 11 is 0. The van der Waals surface area contributed by atoms with Crippen molar-refractivity contribution in [2.24, 2.45) is 0 Å². The van der Waals surface area contributed by atoms with E-state index in [1.165, 1.54) is 31.3 Å². The highest BCUT2D eigenvalue weighted by molar-refractivity contribution is 5.91. The third kappa shape index (κ3) is 3.26. The molecule has 2 rings (SSSR count). The number of benzene rings is 1. The number of anilines is 1. The SMILES string of the molecule is Cc1c(NC(=O)Cn2ccc(=O)[nH]c2=O)cccc1[N+](=O)[O-]. The molecule has 0 aliphatic carbocycles. The molecular weight excluding hydrogens is 292 g/mol. The van der Waals surface area contributed by atoms with E-state index >= 15 is 0 Å². The number of rotatable bonds is 4. The van der Waals surface area contributed by atoms with Gasteiger partial charge >= 0.3 is 5.69 Å². The van der Waals surface area contributed by atoms with Gasteiger partial charge in [0.2, 0.25) is 5.91 Å². The van der Waals surface area contributed by atoms with Crippen LogP contribution in [0.5, 0.6) is 0 Å². The molecule has 0 radical (unpaired) electrons. The number of nitro groups is 1. The van der Waals surface area contributed by atoms with E-state index in [1.807, 2.05) is 4.98 Å². The fourth-order valence-electron chi connectivity index (χ4n) is 1.87. The molecule has 1 aromatic heterocycles. The average Bonchev–Trinajstić information content (AvgIpc) is 2.44. The van der Waals surface area contributed by atoms with Crippen molar-refractivity contribution in [2.45, 2.75) is 13.5 Å². The molecule has 0 aliphatic heterocycles. The Bertz CT molecular complexity index is 852. The van der Waals surface area contributed by atoms with Gasteiger partial charge in [0, 0.05) is 18.3 Å². The van der Waals surface area contributed by atoms with Crippen LogP contribution >= 0.6 is 0 Å². The molecular formula is C13H12N4O5. The second-order valence-corrected chi connectivity index (χ2v) is 4.49. The summed E-state index contributed by atoms with van der Waals surface area (Å²) in [6.07, 6.45) is 1.20. The summed E-state index contributed by atoms with van der Waals surface area (Å²) in [6, 6.07) is 5.42. The van der Waals surface area contributed by atoms with E-state index in [-0.39, 0.29) is 17.9 Å². The van der Waals surface area contributed by atoms with Gasteiger partial charge in [0.15, 0.2) is 0 Å². The number of aromatic amines is 1. The van der Waals surface area contributed by atoms with E-state index in [2.05, 4.69) is 5.32 Å². The Hall–Kier alpha value is -3.23. The van der Waals surface area contributed by atoms with Crippen LogP contribution in [0.25, 0.3) is 0 Å². The number of hydrogen-bond acceptors (Lipinski definition) is 5. The molecule has 22 heavy (non-hydrogen) atoms. The number of nitrogens with zero attached hydrogens (tertiary/aromatic N) is 2. The molecule has 2 N–H and O–H groups in total.